The van der Waals surface area contributed by atoms with E-state index >= 15 is 0 Å². The first-order chi connectivity index (χ1) is 13.6. The number of hydrogen-bond acceptors (Lipinski definition) is 6. The molecule has 2 heterocycles. The maximum atomic E-state index is 12.2. The molecule has 0 saturated carbocycles. The number of anilines is 1. The standard InChI is InChI=1S/C21H19NO6/c1-13-9-21(24)28-18-11-15(4-5-16(13)18)27-12-20(23)22-14-3-6-17-19(10-14)26-8-2-7-25-17/h3-6,9-11H,2,7-8,12H2,1H3,(H,22,23). The van der Waals surface area contributed by atoms with Crippen LogP contribution in [0.5, 0.6) is 17.2 Å². The van der Waals surface area contributed by atoms with E-state index in [-0.39, 0.29) is 12.5 Å². The van der Waals surface area contributed by atoms with E-state index in [1.165, 1.54) is 6.07 Å². The maximum Gasteiger partial charge on any atom is 0.336 e. The molecule has 0 bridgehead atoms. The first-order valence-electron chi connectivity index (χ1n) is 8.95. The van der Waals surface area contributed by atoms with E-state index in [1.807, 2.05) is 6.92 Å². The third-order valence-electron chi connectivity index (χ3n) is 4.32. The molecule has 0 unspecified atom stereocenters. The van der Waals surface area contributed by atoms with Gasteiger partial charge in [0.25, 0.3) is 5.91 Å². The Morgan fingerprint density at radius 1 is 1.07 bits per heavy atom. The molecule has 0 atom stereocenters. The summed E-state index contributed by atoms with van der Waals surface area (Å²) in [5.41, 5.74) is 1.42. The summed E-state index contributed by atoms with van der Waals surface area (Å²) in [7, 11) is 0. The molecule has 0 fully saturated rings. The summed E-state index contributed by atoms with van der Waals surface area (Å²) in [4.78, 5) is 23.7. The summed E-state index contributed by atoms with van der Waals surface area (Å²) >= 11 is 0. The minimum Gasteiger partial charge on any atom is -0.490 e. The number of rotatable bonds is 4. The molecular weight excluding hydrogens is 362 g/mol. The normalized spacial score (nSPS) is 13.0. The van der Waals surface area contributed by atoms with Crippen LogP contribution in [-0.2, 0) is 4.79 Å². The molecule has 7 heteroatoms. The van der Waals surface area contributed by atoms with Crippen molar-refractivity contribution in [1.29, 1.82) is 0 Å². The van der Waals surface area contributed by atoms with Crippen LogP contribution in [0, 0.1) is 6.92 Å². The fraction of sp³-hybridized carbons (Fsp3) is 0.238. The summed E-state index contributed by atoms with van der Waals surface area (Å²) in [5.74, 6) is 1.39. The van der Waals surface area contributed by atoms with Crippen LogP contribution in [0.2, 0.25) is 0 Å². The van der Waals surface area contributed by atoms with Gasteiger partial charge in [0.15, 0.2) is 18.1 Å². The first kappa shape index (κ1) is 17.9. The predicted octanol–water partition coefficient (Wildman–Crippen LogP) is 3.28. The van der Waals surface area contributed by atoms with Crippen molar-refractivity contribution in [2.24, 2.45) is 0 Å². The molecule has 0 spiro atoms. The topological polar surface area (TPSA) is 87.0 Å². The lowest BCUT2D eigenvalue weighted by molar-refractivity contribution is -0.118. The van der Waals surface area contributed by atoms with Gasteiger partial charge in [0.1, 0.15) is 11.3 Å². The third kappa shape index (κ3) is 3.93. The highest BCUT2D eigenvalue weighted by atomic mass is 16.5. The molecule has 2 aromatic carbocycles. The van der Waals surface area contributed by atoms with Crippen molar-refractivity contribution in [2.45, 2.75) is 13.3 Å². The van der Waals surface area contributed by atoms with Crippen molar-refractivity contribution in [3.05, 3.63) is 58.4 Å². The number of carbonyl (C=O) groups excluding carboxylic acids is 1. The Hall–Kier alpha value is -3.48. The quantitative estimate of drug-likeness (QED) is 0.698. The van der Waals surface area contributed by atoms with E-state index in [9.17, 15) is 9.59 Å². The highest BCUT2D eigenvalue weighted by molar-refractivity contribution is 5.92. The number of aryl methyl sites for hydroxylation is 1. The highest BCUT2D eigenvalue weighted by Gasteiger charge is 2.12. The lowest BCUT2D eigenvalue weighted by Gasteiger charge is -2.11. The molecule has 1 aliphatic rings. The molecule has 28 heavy (non-hydrogen) atoms. The van der Waals surface area contributed by atoms with Gasteiger partial charge >= 0.3 is 5.63 Å². The molecule has 4 rings (SSSR count). The maximum absolute atomic E-state index is 12.2. The van der Waals surface area contributed by atoms with Crippen molar-refractivity contribution in [2.75, 3.05) is 25.1 Å². The SMILES string of the molecule is Cc1cc(=O)oc2cc(OCC(=O)Nc3ccc4c(c3)OCCCO4)ccc12. The first-order valence-corrected chi connectivity index (χ1v) is 8.95. The number of hydrogen-bond donors (Lipinski definition) is 1. The summed E-state index contributed by atoms with van der Waals surface area (Å²) in [6.07, 6.45) is 0.815. The summed E-state index contributed by atoms with van der Waals surface area (Å²) in [6, 6.07) is 11.8. The Labute approximate surface area is 160 Å². The second kappa shape index (κ2) is 7.64. The minimum atomic E-state index is -0.422. The van der Waals surface area contributed by atoms with Crippen LogP contribution in [0.4, 0.5) is 5.69 Å². The van der Waals surface area contributed by atoms with E-state index in [4.69, 9.17) is 18.6 Å². The highest BCUT2D eigenvalue weighted by Crippen LogP contribution is 2.32. The van der Waals surface area contributed by atoms with E-state index in [0.717, 1.165) is 17.4 Å². The van der Waals surface area contributed by atoms with Crippen LogP contribution in [0.15, 0.2) is 51.7 Å². The van der Waals surface area contributed by atoms with Crippen molar-refractivity contribution >= 4 is 22.6 Å². The number of fused-ring (bicyclic) bond motifs is 2. The van der Waals surface area contributed by atoms with Gasteiger partial charge in [0.2, 0.25) is 0 Å². The third-order valence-corrected chi connectivity index (χ3v) is 4.32. The molecule has 1 N–H and O–H groups in total. The van der Waals surface area contributed by atoms with Gasteiger partial charge in [-0.1, -0.05) is 0 Å². The van der Waals surface area contributed by atoms with E-state index < -0.39 is 5.63 Å². The average Bonchev–Trinajstić information content (AvgIpc) is 2.91. The zero-order valence-electron chi connectivity index (χ0n) is 15.3. The Morgan fingerprint density at radius 3 is 2.75 bits per heavy atom. The zero-order chi connectivity index (χ0) is 19.5. The van der Waals surface area contributed by atoms with Gasteiger partial charge in [-0.3, -0.25) is 4.79 Å². The van der Waals surface area contributed by atoms with Gasteiger partial charge < -0.3 is 23.9 Å². The van der Waals surface area contributed by atoms with Crippen molar-refractivity contribution in [1.82, 2.24) is 0 Å². The van der Waals surface area contributed by atoms with Gasteiger partial charge in [0.05, 0.1) is 13.2 Å². The van der Waals surface area contributed by atoms with Crippen molar-refractivity contribution in [3.8, 4) is 17.2 Å². The molecule has 0 aliphatic carbocycles. The van der Waals surface area contributed by atoms with Crippen LogP contribution in [0.1, 0.15) is 12.0 Å². The van der Waals surface area contributed by atoms with Gasteiger partial charge in [-0.15, -0.1) is 0 Å². The van der Waals surface area contributed by atoms with Crippen LogP contribution in [-0.4, -0.2) is 25.7 Å². The largest absolute Gasteiger partial charge is 0.490 e. The molecule has 0 saturated heterocycles. The number of benzene rings is 2. The second-order valence-electron chi connectivity index (χ2n) is 6.46. The molecular formula is C21H19NO6. The number of amides is 1. The van der Waals surface area contributed by atoms with E-state index in [1.54, 1.807) is 36.4 Å². The smallest absolute Gasteiger partial charge is 0.336 e. The van der Waals surface area contributed by atoms with Crippen LogP contribution >= 0.6 is 0 Å². The lowest BCUT2D eigenvalue weighted by atomic mass is 10.1. The van der Waals surface area contributed by atoms with E-state index in [0.29, 0.717) is 41.7 Å². The molecule has 0 radical (unpaired) electrons. The number of carbonyl (C=O) groups is 1. The summed E-state index contributed by atoms with van der Waals surface area (Å²) in [6.45, 7) is 2.83. The molecule has 144 valence electrons. The Bertz CT molecular complexity index is 1090. The minimum absolute atomic E-state index is 0.185. The summed E-state index contributed by atoms with van der Waals surface area (Å²) < 4.78 is 21.9. The molecule has 1 aliphatic heterocycles. The average molecular weight is 381 g/mol. The van der Waals surface area contributed by atoms with Crippen LogP contribution < -0.4 is 25.2 Å². The fourth-order valence-electron chi connectivity index (χ4n) is 2.98. The molecule has 7 nitrogen and oxygen atoms in total. The summed E-state index contributed by atoms with van der Waals surface area (Å²) in [5, 5.41) is 3.59. The Morgan fingerprint density at radius 2 is 1.89 bits per heavy atom. The van der Waals surface area contributed by atoms with Gasteiger partial charge in [-0.2, -0.15) is 0 Å². The monoisotopic (exact) mass is 381 g/mol. The predicted molar refractivity (Wildman–Crippen MR) is 103 cm³/mol. The second-order valence-corrected chi connectivity index (χ2v) is 6.46. The number of ether oxygens (including phenoxy) is 3. The van der Waals surface area contributed by atoms with E-state index in [2.05, 4.69) is 5.32 Å². The van der Waals surface area contributed by atoms with Crippen molar-refractivity contribution in [3.63, 3.8) is 0 Å². The fourth-order valence-corrected chi connectivity index (χ4v) is 2.98. The van der Waals surface area contributed by atoms with Crippen molar-refractivity contribution < 1.29 is 23.4 Å². The molecule has 3 aromatic rings. The van der Waals surface area contributed by atoms with Gasteiger partial charge in [-0.25, -0.2) is 4.79 Å². The Kier molecular flexibility index (Phi) is 4.89. The molecule has 1 aromatic heterocycles. The van der Waals surface area contributed by atoms with Gasteiger partial charge in [0, 0.05) is 35.7 Å². The molecule has 1 amide bonds. The van der Waals surface area contributed by atoms with Gasteiger partial charge in [-0.05, 0) is 36.8 Å². The van der Waals surface area contributed by atoms with Crippen LogP contribution in [0.3, 0.4) is 0 Å². The van der Waals surface area contributed by atoms with Crippen LogP contribution in [0.25, 0.3) is 11.0 Å². The Balaban J connectivity index is 1.41. The zero-order valence-corrected chi connectivity index (χ0v) is 15.3. The lowest BCUT2D eigenvalue weighted by Crippen LogP contribution is -2.20. The number of nitrogens with one attached hydrogen (secondary N) is 1.